The van der Waals surface area contributed by atoms with Crippen molar-refractivity contribution in [2.24, 2.45) is 0 Å². The summed E-state index contributed by atoms with van der Waals surface area (Å²) >= 11 is 3.47. The molecule has 166 valence electrons. The van der Waals surface area contributed by atoms with E-state index in [-0.39, 0.29) is 18.2 Å². The Morgan fingerprint density at radius 3 is 2.67 bits per heavy atom. The van der Waals surface area contributed by atoms with Crippen LogP contribution in [0.5, 0.6) is 5.75 Å². The highest BCUT2D eigenvalue weighted by atomic mass is 79.9. The third-order valence-electron chi connectivity index (χ3n) is 4.85. The Morgan fingerprint density at radius 2 is 1.97 bits per heavy atom. The van der Waals surface area contributed by atoms with Gasteiger partial charge in [-0.3, -0.25) is 14.4 Å². The zero-order valence-corrected chi connectivity index (χ0v) is 19.3. The maximum Gasteiger partial charge on any atom is 0.308 e. The van der Waals surface area contributed by atoms with E-state index in [1.807, 2.05) is 6.92 Å². The van der Waals surface area contributed by atoms with Crippen molar-refractivity contribution in [1.29, 1.82) is 0 Å². The lowest BCUT2D eigenvalue weighted by atomic mass is 10.1. The summed E-state index contributed by atoms with van der Waals surface area (Å²) in [5.41, 5.74) is 0.432. The Morgan fingerprint density at radius 1 is 1.17 bits per heavy atom. The first kappa shape index (κ1) is 24.2. The van der Waals surface area contributed by atoms with Crippen molar-refractivity contribution in [1.82, 2.24) is 10.2 Å². The summed E-state index contributed by atoms with van der Waals surface area (Å²) < 4.78 is 11.6. The molecule has 2 amide bonds. The van der Waals surface area contributed by atoms with Gasteiger partial charge in [-0.25, -0.2) is 0 Å². The number of esters is 1. The van der Waals surface area contributed by atoms with Gasteiger partial charge in [0.25, 0.3) is 5.91 Å². The molecule has 1 aliphatic rings. The van der Waals surface area contributed by atoms with E-state index in [4.69, 9.17) is 9.47 Å². The summed E-state index contributed by atoms with van der Waals surface area (Å²) in [6.07, 6.45) is 5.02. The van der Waals surface area contributed by atoms with Gasteiger partial charge in [0.2, 0.25) is 5.91 Å². The van der Waals surface area contributed by atoms with Crippen molar-refractivity contribution < 1.29 is 23.9 Å². The fourth-order valence-electron chi connectivity index (χ4n) is 3.22. The van der Waals surface area contributed by atoms with E-state index in [9.17, 15) is 14.4 Å². The number of hydrogen-bond donors (Lipinski definition) is 1. The third-order valence-corrected chi connectivity index (χ3v) is 5.47. The van der Waals surface area contributed by atoms with Gasteiger partial charge in [-0.2, -0.15) is 0 Å². The minimum Gasteiger partial charge on any atom is -0.492 e. The van der Waals surface area contributed by atoms with Gasteiger partial charge in [0.05, 0.1) is 24.1 Å². The molecule has 7 nitrogen and oxygen atoms in total. The summed E-state index contributed by atoms with van der Waals surface area (Å²) in [4.78, 5) is 38.9. The number of nitrogens with zero attached hydrogens (tertiary/aromatic N) is 1. The molecule has 1 aromatic carbocycles. The highest BCUT2D eigenvalue weighted by Gasteiger charge is 2.35. The Bertz CT molecular complexity index is 740. The number of carbonyl (C=O) groups excluding carboxylic acids is 3. The molecule has 8 heteroatoms. The van der Waals surface area contributed by atoms with Gasteiger partial charge in [-0.05, 0) is 47.0 Å². The van der Waals surface area contributed by atoms with Crippen molar-refractivity contribution >= 4 is 33.7 Å². The Kier molecular flexibility index (Phi) is 10.1. The molecule has 30 heavy (non-hydrogen) atoms. The van der Waals surface area contributed by atoms with Crippen LogP contribution in [-0.2, 0) is 14.3 Å². The van der Waals surface area contributed by atoms with Gasteiger partial charge in [0.15, 0.2) is 0 Å². The molecule has 0 saturated carbocycles. The standard InChI is InChI=1S/C22H31BrN2O5/c1-3-5-6-7-13-29-19-9-8-16(14-17(19)23)22(28)25-11-10-24-21(27)18(25)15-20(26)30-12-4-2/h8-9,14,18H,3-7,10-13,15H2,1-2H3,(H,24,27). The Balaban J connectivity index is 2.04. The van der Waals surface area contributed by atoms with Crippen LogP contribution in [0.15, 0.2) is 22.7 Å². The van der Waals surface area contributed by atoms with Gasteiger partial charge in [-0.15, -0.1) is 0 Å². The predicted molar refractivity (Wildman–Crippen MR) is 117 cm³/mol. The molecular formula is C22H31BrN2O5. The first-order valence-corrected chi connectivity index (χ1v) is 11.4. The molecule has 1 aromatic rings. The fourth-order valence-corrected chi connectivity index (χ4v) is 3.71. The maximum atomic E-state index is 13.1. The average Bonchev–Trinajstić information content (AvgIpc) is 2.74. The molecule has 0 aromatic heterocycles. The van der Waals surface area contributed by atoms with Gasteiger partial charge in [0.1, 0.15) is 11.8 Å². The van der Waals surface area contributed by atoms with E-state index >= 15 is 0 Å². The van der Waals surface area contributed by atoms with Crippen LogP contribution in [0, 0.1) is 0 Å². The SMILES string of the molecule is CCCCCCOc1ccc(C(=O)N2CCNC(=O)C2CC(=O)OCCC)cc1Br. The van der Waals surface area contributed by atoms with Crippen LogP contribution in [0.1, 0.15) is 62.7 Å². The number of nitrogens with one attached hydrogen (secondary N) is 1. The number of rotatable bonds is 11. The number of halogens is 1. The molecule has 1 atom stereocenters. The Hall–Kier alpha value is -2.09. The molecule has 2 rings (SSSR count). The fraction of sp³-hybridized carbons (Fsp3) is 0.591. The molecule has 1 heterocycles. The van der Waals surface area contributed by atoms with Crippen molar-refractivity contribution in [2.45, 2.75) is 58.4 Å². The molecule has 1 unspecified atom stereocenters. The maximum absolute atomic E-state index is 13.1. The van der Waals surface area contributed by atoms with Crippen molar-refractivity contribution in [2.75, 3.05) is 26.3 Å². The zero-order chi connectivity index (χ0) is 21.9. The van der Waals surface area contributed by atoms with Crippen LogP contribution in [0.25, 0.3) is 0 Å². The summed E-state index contributed by atoms with van der Waals surface area (Å²) in [5.74, 6) is -0.439. The van der Waals surface area contributed by atoms with Crippen molar-refractivity contribution in [3.8, 4) is 5.75 Å². The monoisotopic (exact) mass is 482 g/mol. The van der Waals surface area contributed by atoms with E-state index < -0.39 is 12.0 Å². The number of carbonyl (C=O) groups is 3. The quantitative estimate of drug-likeness (QED) is 0.383. The van der Waals surface area contributed by atoms with Gasteiger partial charge in [-0.1, -0.05) is 33.1 Å². The number of hydrogen-bond acceptors (Lipinski definition) is 5. The first-order chi connectivity index (χ1) is 14.5. The number of benzene rings is 1. The largest absolute Gasteiger partial charge is 0.492 e. The van der Waals surface area contributed by atoms with Gasteiger partial charge < -0.3 is 19.7 Å². The van der Waals surface area contributed by atoms with Crippen LogP contribution in [0.4, 0.5) is 0 Å². The number of amides is 2. The van der Waals surface area contributed by atoms with E-state index in [0.29, 0.717) is 48.5 Å². The zero-order valence-electron chi connectivity index (χ0n) is 17.7. The molecule has 1 N–H and O–H groups in total. The van der Waals surface area contributed by atoms with E-state index in [1.165, 1.54) is 17.7 Å². The first-order valence-electron chi connectivity index (χ1n) is 10.6. The second kappa shape index (κ2) is 12.6. The van der Waals surface area contributed by atoms with Gasteiger partial charge in [0, 0.05) is 18.7 Å². The second-order valence-corrected chi connectivity index (χ2v) is 8.14. The molecule has 1 aliphatic heterocycles. The summed E-state index contributed by atoms with van der Waals surface area (Å²) in [6.45, 7) is 5.67. The predicted octanol–water partition coefficient (Wildman–Crippen LogP) is 3.69. The molecule has 0 spiro atoms. The van der Waals surface area contributed by atoms with Crippen molar-refractivity contribution in [3.63, 3.8) is 0 Å². The van der Waals surface area contributed by atoms with Crippen LogP contribution in [0.2, 0.25) is 0 Å². The van der Waals surface area contributed by atoms with E-state index in [1.54, 1.807) is 18.2 Å². The molecular weight excluding hydrogens is 452 g/mol. The van der Waals surface area contributed by atoms with Gasteiger partial charge >= 0.3 is 5.97 Å². The number of piperazine rings is 1. The molecule has 0 radical (unpaired) electrons. The smallest absolute Gasteiger partial charge is 0.308 e. The molecule has 1 fully saturated rings. The lowest BCUT2D eigenvalue weighted by molar-refractivity contribution is -0.147. The van der Waals surface area contributed by atoms with Crippen LogP contribution >= 0.6 is 15.9 Å². The molecule has 0 aliphatic carbocycles. The third kappa shape index (κ3) is 7.00. The summed E-state index contributed by atoms with van der Waals surface area (Å²) in [6, 6.07) is 4.27. The van der Waals surface area contributed by atoms with E-state index in [0.717, 1.165) is 12.8 Å². The topological polar surface area (TPSA) is 84.9 Å². The highest BCUT2D eigenvalue weighted by Crippen LogP contribution is 2.27. The van der Waals surface area contributed by atoms with Crippen molar-refractivity contribution in [3.05, 3.63) is 28.2 Å². The highest BCUT2D eigenvalue weighted by molar-refractivity contribution is 9.10. The average molecular weight is 483 g/mol. The molecule has 0 bridgehead atoms. The van der Waals surface area contributed by atoms with Crippen LogP contribution in [-0.4, -0.2) is 55.0 Å². The number of ether oxygens (including phenoxy) is 2. The lowest BCUT2D eigenvalue weighted by Gasteiger charge is -2.34. The normalized spacial score (nSPS) is 16.2. The summed E-state index contributed by atoms with van der Waals surface area (Å²) in [7, 11) is 0. The lowest BCUT2D eigenvalue weighted by Crippen LogP contribution is -2.57. The Labute approximate surface area is 186 Å². The van der Waals surface area contributed by atoms with Crippen LogP contribution < -0.4 is 10.1 Å². The van der Waals surface area contributed by atoms with E-state index in [2.05, 4.69) is 28.2 Å². The number of unbranched alkanes of at least 4 members (excludes halogenated alkanes) is 3. The minimum absolute atomic E-state index is 0.155. The van der Waals surface area contributed by atoms with Crippen LogP contribution in [0.3, 0.4) is 0 Å². The molecule has 1 saturated heterocycles. The second-order valence-electron chi connectivity index (χ2n) is 7.28. The minimum atomic E-state index is -0.871. The summed E-state index contributed by atoms with van der Waals surface area (Å²) in [5, 5.41) is 2.72.